The van der Waals surface area contributed by atoms with Gasteiger partial charge in [0.2, 0.25) is 0 Å². The van der Waals surface area contributed by atoms with Gasteiger partial charge in [0, 0.05) is 18.1 Å². The smallest absolute Gasteiger partial charge is 0.263 e. The van der Waals surface area contributed by atoms with Crippen molar-refractivity contribution >= 4 is 17.5 Å². The van der Waals surface area contributed by atoms with Crippen molar-refractivity contribution in [2.24, 2.45) is 0 Å². The molecule has 4 nitrogen and oxygen atoms in total. The predicted molar refractivity (Wildman–Crippen MR) is 100 cm³/mol. The fourth-order valence-corrected chi connectivity index (χ4v) is 2.49. The summed E-state index contributed by atoms with van der Waals surface area (Å²) in [6.07, 6.45) is 1.09. The molecule has 0 fully saturated rings. The Morgan fingerprint density at radius 1 is 1.16 bits per heavy atom. The van der Waals surface area contributed by atoms with Crippen molar-refractivity contribution in [3.8, 4) is 11.5 Å². The number of benzene rings is 2. The molecule has 1 unspecified atom stereocenters. The minimum absolute atomic E-state index is 0.106. The first kappa shape index (κ1) is 18.9. The van der Waals surface area contributed by atoms with Crippen molar-refractivity contribution in [2.75, 3.05) is 13.7 Å². The number of methoxy groups -OCH3 is 1. The van der Waals surface area contributed by atoms with Crippen molar-refractivity contribution in [1.82, 2.24) is 4.90 Å². The van der Waals surface area contributed by atoms with E-state index in [1.807, 2.05) is 24.3 Å². The highest BCUT2D eigenvalue weighted by Crippen LogP contribution is 2.18. The lowest BCUT2D eigenvalue weighted by atomic mass is 10.2. The zero-order valence-electron chi connectivity index (χ0n) is 14.4. The zero-order chi connectivity index (χ0) is 18.2. The zero-order valence-corrected chi connectivity index (χ0v) is 15.2. The van der Waals surface area contributed by atoms with Crippen LogP contribution in [0.25, 0.3) is 0 Å². The molecule has 0 radical (unpaired) electrons. The van der Waals surface area contributed by atoms with Crippen LogP contribution in [-0.2, 0) is 11.3 Å². The quantitative estimate of drug-likeness (QED) is 0.658. The maximum atomic E-state index is 12.7. The second-order valence-electron chi connectivity index (χ2n) is 5.57. The third kappa shape index (κ3) is 5.54. The first-order valence-corrected chi connectivity index (χ1v) is 8.36. The minimum atomic E-state index is -0.612. The van der Waals surface area contributed by atoms with E-state index in [-0.39, 0.29) is 5.91 Å². The molecule has 2 aromatic rings. The molecule has 0 spiro atoms. The Morgan fingerprint density at radius 3 is 2.32 bits per heavy atom. The normalized spacial score (nSPS) is 11.5. The highest BCUT2D eigenvalue weighted by Gasteiger charge is 2.21. The second kappa shape index (κ2) is 9.14. The summed E-state index contributed by atoms with van der Waals surface area (Å²) in [5.74, 6) is 1.28. The molecule has 2 rings (SSSR count). The monoisotopic (exact) mass is 359 g/mol. The number of carbonyl (C=O) groups excluding carboxylic acids is 1. The van der Waals surface area contributed by atoms with Crippen LogP contribution in [0.5, 0.6) is 11.5 Å². The lowest BCUT2D eigenvalue weighted by molar-refractivity contribution is -0.138. The Balaban J connectivity index is 2.04. The van der Waals surface area contributed by atoms with E-state index < -0.39 is 6.10 Å². The average molecular weight is 360 g/mol. The van der Waals surface area contributed by atoms with E-state index in [9.17, 15) is 4.79 Å². The Hall–Kier alpha value is -2.46. The predicted octanol–water partition coefficient (Wildman–Crippen LogP) is 4.33. The summed E-state index contributed by atoms with van der Waals surface area (Å²) in [4.78, 5) is 14.4. The summed E-state index contributed by atoms with van der Waals surface area (Å²) in [7, 11) is 1.62. The molecule has 0 N–H and O–H groups in total. The van der Waals surface area contributed by atoms with Crippen LogP contribution < -0.4 is 9.47 Å². The average Bonchev–Trinajstić information content (AvgIpc) is 2.63. The number of hydrogen-bond donors (Lipinski definition) is 0. The molecule has 25 heavy (non-hydrogen) atoms. The van der Waals surface area contributed by atoms with Gasteiger partial charge in [0.1, 0.15) is 11.5 Å². The van der Waals surface area contributed by atoms with Gasteiger partial charge >= 0.3 is 0 Å². The van der Waals surface area contributed by atoms with E-state index >= 15 is 0 Å². The number of amides is 1. The summed E-state index contributed by atoms with van der Waals surface area (Å²) in [6.45, 7) is 6.39. The van der Waals surface area contributed by atoms with E-state index in [1.54, 1.807) is 49.3 Å². The first-order valence-electron chi connectivity index (χ1n) is 7.98. The molecule has 2 aromatic carbocycles. The molecule has 0 aromatic heterocycles. The number of halogens is 1. The van der Waals surface area contributed by atoms with Crippen LogP contribution in [0.15, 0.2) is 61.2 Å². The van der Waals surface area contributed by atoms with E-state index in [0.29, 0.717) is 23.9 Å². The number of hydrogen-bond acceptors (Lipinski definition) is 3. The summed E-state index contributed by atoms with van der Waals surface area (Å²) in [5, 5.41) is 0.624. The first-order chi connectivity index (χ1) is 12.0. The Bertz CT molecular complexity index is 698. The fraction of sp³-hybridized carbons (Fsp3) is 0.250. The van der Waals surface area contributed by atoms with Crippen LogP contribution in [0.1, 0.15) is 12.5 Å². The molecular formula is C20H22ClNO3. The Kier molecular flexibility index (Phi) is 6.90. The van der Waals surface area contributed by atoms with Crippen LogP contribution in [-0.4, -0.2) is 30.6 Å². The van der Waals surface area contributed by atoms with Crippen molar-refractivity contribution in [1.29, 1.82) is 0 Å². The summed E-state index contributed by atoms with van der Waals surface area (Å²) in [5.41, 5.74) is 1.01. The molecular weight excluding hydrogens is 338 g/mol. The third-order valence-electron chi connectivity index (χ3n) is 3.67. The van der Waals surface area contributed by atoms with Gasteiger partial charge in [-0.2, -0.15) is 0 Å². The van der Waals surface area contributed by atoms with Crippen molar-refractivity contribution in [3.05, 3.63) is 71.8 Å². The highest BCUT2D eigenvalue weighted by atomic mass is 35.5. The molecule has 0 heterocycles. The minimum Gasteiger partial charge on any atom is -0.497 e. The van der Waals surface area contributed by atoms with Crippen LogP contribution >= 0.6 is 11.6 Å². The molecule has 5 heteroatoms. The number of carbonyl (C=O) groups is 1. The van der Waals surface area contributed by atoms with Gasteiger partial charge in [-0.05, 0) is 48.9 Å². The van der Waals surface area contributed by atoms with Crippen molar-refractivity contribution < 1.29 is 14.3 Å². The van der Waals surface area contributed by atoms with Gasteiger partial charge in [-0.1, -0.05) is 29.8 Å². The fourth-order valence-electron chi connectivity index (χ4n) is 2.36. The van der Waals surface area contributed by atoms with E-state index in [2.05, 4.69) is 6.58 Å². The Labute approximate surface area is 153 Å². The molecule has 0 saturated heterocycles. The molecule has 1 amide bonds. The van der Waals surface area contributed by atoms with Gasteiger partial charge in [0.05, 0.1) is 7.11 Å². The summed E-state index contributed by atoms with van der Waals surface area (Å²) < 4.78 is 10.9. The van der Waals surface area contributed by atoms with Gasteiger partial charge in [-0.3, -0.25) is 4.79 Å². The largest absolute Gasteiger partial charge is 0.497 e. The second-order valence-corrected chi connectivity index (χ2v) is 6.01. The van der Waals surface area contributed by atoms with Gasteiger partial charge in [0.15, 0.2) is 6.10 Å². The molecule has 0 aliphatic heterocycles. The van der Waals surface area contributed by atoms with Crippen molar-refractivity contribution in [3.63, 3.8) is 0 Å². The number of nitrogens with zero attached hydrogens (tertiary/aromatic N) is 1. The summed E-state index contributed by atoms with van der Waals surface area (Å²) >= 11 is 5.86. The van der Waals surface area contributed by atoms with Gasteiger partial charge in [-0.15, -0.1) is 6.58 Å². The van der Waals surface area contributed by atoms with Gasteiger partial charge in [-0.25, -0.2) is 0 Å². The van der Waals surface area contributed by atoms with Crippen LogP contribution in [0.4, 0.5) is 0 Å². The lowest BCUT2D eigenvalue weighted by Gasteiger charge is -2.25. The lowest BCUT2D eigenvalue weighted by Crippen LogP contribution is -2.40. The van der Waals surface area contributed by atoms with Crippen LogP contribution in [0, 0.1) is 0 Å². The van der Waals surface area contributed by atoms with Crippen LogP contribution in [0.3, 0.4) is 0 Å². The van der Waals surface area contributed by atoms with Crippen molar-refractivity contribution in [2.45, 2.75) is 19.6 Å². The van der Waals surface area contributed by atoms with Crippen LogP contribution in [0.2, 0.25) is 5.02 Å². The Morgan fingerprint density at radius 2 is 1.76 bits per heavy atom. The number of rotatable bonds is 8. The SMILES string of the molecule is C=CCN(Cc1ccc(OC)cc1)C(=O)C(C)Oc1ccc(Cl)cc1. The molecule has 1 atom stereocenters. The molecule has 0 saturated carbocycles. The maximum Gasteiger partial charge on any atom is 0.263 e. The van der Waals surface area contributed by atoms with Gasteiger partial charge < -0.3 is 14.4 Å². The highest BCUT2D eigenvalue weighted by molar-refractivity contribution is 6.30. The van der Waals surface area contributed by atoms with E-state index in [4.69, 9.17) is 21.1 Å². The van der Waals surface area contributed by atoms with E-state index in [0.717, 1.165) is 11.3 Å². The standard InChI is InChI=1S/C20H22ClNO3/c1-4-13-22(14-16-5-9-18(24-3)10-6-16)20(23)15(2)25-19-11-7-17(21)8-12-19/h4-12,15H,1,13-14H2,2-3H3. The molecule has 0 aliphatic carbocycles. The summed E-state index contributed by atoms with van der Waals surface area (Å²) in [6, 6.07) is 14.6. The topological polar surface area (TPSA) is 38.8 Å². The molecule has 0 aliphatic rings. The molecule has 132 valence electrons. The number of ether oxygens (including phenoxy) is 2. The van der Waals surface area contributed by atoms with E-state index in [1.165, 1.54) is 0 Å². The molecule has 0 bridgehead atoms. The third-order valence-corrected chi connectivity index (χ3v) is 3.92. The van der Waals surface area contributed by atoms with Gasteiger partial charge in [0.25, 0.3) is 5.91 Å². The maximum absolute atomic E-state index is 12.7.